The van der Waals surface area contributed by atoms with Crippen molar-refractivity contribution < 1.29 is 14.3 Å². The molecule has 0 aliphatic carbocycles. The summed E-state index contributed by atoms with van der Waals surface area (Å²) in [4.78, 5) is 20.5. The molecule has 4 rings (SSSR count). The highest BCUT2D eigenvalue weighted by atomic mass is 16.5. The first-order valence-corrected chi connectivity index (χ1v) is 10.2. The van der Waals surface area contributed by atoms with E-state index < -0.39 is 11.8 Å². The molecule has 1 aliphatic heterocycles. The normalized spacial score (nSPS) is 14.5. The van der Waals surface area contributed by atoms with Gasteiger partial charge in [-0.1, -0.05) is 12.1 Å². The number of hydrogen-bond acceptors (Lipinski definition) is 7. The van der Waals surface area contributed by atoms with Crippen molar-refractivity contribution in [3.8, 4) is 11.5 Å². The van der Waals surface area contributed by atoms with Gasteiger partial charge in [0.05, 0.1) is 32.7 Å². The first-order chi connectivity index (χ1) is 15.1. The van der Waals surface area contributed by atoms with E-state index in [9.17, 15) is 4.79 Å². The van der Waals surface area contributed by atoms with E-state index in [1.165, 1.54) is 17.6 Å². The van der Waals surface area contributed by atoms with Crippen LogP contribution in [0.15, 0.2) is 42.7 Å². The van der Waals surface area contributed by atoms with Crippen molar-refractivity contribution in [2.24, 2.45) is 5.73 Å². The predicted octanol–water partition coefficient (Wildman–Crippen LogP) is 1.96. The maximum Gasteiger partial charge on any atom is 0.231 e. The highest BCUT2D eigenvalue weighted by Crippen LogP contribution is 2.28. The van der Waals surface area contributed by atoms with Gasteiger partial charge in [-0.2, -0.15) is 15.0 Å². The molecule has 9 nitrogen and oxygen atoms in total. The number of ether oxygens (including phenoxy) is 2. The second kappa shape index (κ2) is 9.03. The van der Waals surface area contributed by atoms with Crippen LogP contribution in [0.4, 0.5) is 5.82 Å². The number of anilines is 1. The predicted molar refractivity (Wildman–Crippen MR) is 115 cm³/mol. The van der Waals surface area contributed by atoms with Crippen molar-refractivity contribution >= 4 is 11.7 Å². The summed E-state index contributed by atoms with van der Waals surface area (Å²) < 4.78 is 10.6. The number of carbonyl (C=O) groups is 1. The zero-order valence-corrected chi connectivity index (χ0v) is 17.7. The fraction of sp³-hybridized carbons (Fsp3) is 0.364. The van der Waals surface area contributed by atoms with E-state index in [4.69, 9.17) is 15.2 Å². The molecule has 1 atom stereocenters. The van der Waals surface area contributed by atoms with Crippen molar-refractivity contribution in [3.05, 3.63) is 59.5 Å². The molecule has 3 aromatic rings. The van der Waals surface area contributed by atoms with E-state index in [0.29, 0.717) is 29.3 Å². The molecule has 162 valence electrons. The van der Waals surface area contributed by atoms with Crippen molar-refractivity contribution in [3.63, 3.8) is 0 Å². The van der Waals surface area contributed by atoms with Gasteiger partial charge in [0, 0.05) is 19.3 Å². The molecular formula is C22H26N6O3. The van der Waals surface area contributed by atoms with E-state index in [1.807, 2.05) is 30.3 Å². The third-order valence-corrected chi connectivity index (χ3v) is 5.44. The van der Waals surface area contributed by atoms with Crippen LogP contribution in [0.25, 0.3) is 0 Å². The highest BCUT2D eigenvalue weighted by Gasteiger charge is 2.25. The van der Waals surface area contributed by atoms with Crippen LogP contribution in [0, 0.1) is 0 Å². The quantitative estimate of drug-likeness (QED) is 0.591. The summed E-state index contributed by atoms with van der Waals surface area (Å²) in [6, 6.07) is 9.44. The summed E-state index contributed by atoms with van der Waals surface area (Å²) in [5.41, 5.74) is 7.84. The van der Waals surface area contributed by atoms with E-state index >= 15 is 0 Å². The van der Waals surface area contributed by atoms with Gasteiger partial charge in [-0.05, 0) is 42.2 Å². The van der Waals surface area contributed by atoms with Crippen LogP contribution >= 0.6 is 0 Å². The first-order valence-electron chi connectivity index (χ1n) is 10.2. The van der Waals surface area contributed by atoms with E-state index in [-0.39, 0.29) is 0 Å². The second-order valence-electron chi connectivity index (χ2n) is 7.47. The molecule has 0 spiro atoms. The Labute approximate surface area is 180 Å². The molecule has 1 amide bonds. The lowest BCUT2D eigenvalue weighted by molar-refractivity contribution is -0.118. The Kier molecular flexibility index (Phi) is 6.01. The molecule has 3 heterocycles. The third-order valence-electron chi connectivity index (χ3n) is 5.44. The highest BCUT2D eigenvalue weighted by molar-refractivity contribution is 5.84. The van der Waals surface area contributed by atoms with Crippen LogP contribution in [0.1, 0.15) is 35.6 Å². The van der Waals surface area contributed by atoms with Crippen LogP contribution in [-0.2, 0) is 11.3 Å². The molecule has 31 heavy (non-hydrogen) atoms. The summed E-state index contributed by atoms with van der Waals surface area (Å²) in [6.07, 6.45) is 5.63. The number of rotatable bonds is 8. The molecule has 1 aromatic carbocycles. The fourth-order valence-corrected chi connectivity index (χ4v) is 3.84. The minimum absolute atomic E-state index is 0.415. The molecule has 1 saturated heterocycles. The van der Waals surface area contributed by atoms with Crippen LogP contribution in [0.3, 0.4) is 0 Å². The monoisotopic (exact) mass is 422 g/mol. The second-order valence-corrected chi connectivity index (χ2v) is 7.47. The van der Waals surface area contributed by atoms with Gasteiger partial charge in [-0.25, -0.2) is 4.98 Å². The molecule has 0 bridgehead atoms. The molecular weight excluding hydrogens is 396 g/mol. The summed E-state index contributed by atoms with van der Waals surface area (Å²) in [5, 5.41) is 8.81. The summed E-state index contributed by atoms with van der Waals surface area (Å²) in [5.74, 6) is 1.00. The standard InChI is InChI=1S/C22H26N6O3/c1-30-18-7-5-15(11-19(18)31-2)14-28-25-13-17(26-28)21(22(23)29)16-6-8-20(24-12-16)27-9-3-4-10-27/h5-8,11-13,21H,3-4,9-10,14H2,1-2H3,(H2,23,29). The number of nitrogens with two attached hydrogens (primary N) is 1. The number of benzene rings is 1. The topological polar surface area (TPSA) is 108 Å². The van der Waals surface area contributed by atoms with Gasteiger partial charge in [0.1, 0.15) is 11.7 Å². The minimum Gasteiger partial charge on any atom is -0.493 e. The zero-order valence-electron chi connectivity index (χ0n) is 17.7. The van der Waals surface area contributed by atoms with Crippen LogP contribution in [0.5, 0.6) is 11.5 Å². The van der Waals surface area contributed by atoms with Crippen molar-refractivity contribution in [1.82, 2.24) is 20.0 Å². The fourth-order valence-electron chi connectivity index (χ4n) is 3.84. The van der Waals surface area contributed by atoms with Crippen molar-refractivity contribution in [2.75, 3.05) is 32.2 Å². The molecule has 2 N–H and O–H groups in total. The molecule has 1 fully saturated rings. The molecule has 9 heteroatoms. The molecule has 0 radical (unpaired) electrons. The summed E-state index contributed by atoms with van der Waals surface area (Å²) >= 11 is 0. The van der Waals surface area contributed by atoms with Gasteiger partial charge in [0.15, 0.2) is 11.5 Å². The van der Waals surface area contributed by atoms with E-state index in [1.54, 1.807) is 26.6 Å². The average molecular weight is 422 g/mol. The number of aromatic nitrogens is 4. The minimum atomic E-state index is -0.709. The Bertz CT molecular complexity index is 1040. The average Bonchev–Trinajstić information content (AvgIpc) is 3.47. The Balaban J connectivity index is 1.53. The van der Waals surface area contributed by atoms with E-state index in [2.05, 4.69) is 20.1 Å². The Morgan fingerprint density at radius 2 is 1.87 bits per heavy atom. The van der Waals surface area contributed by atoms with Crippen LogP contribution in [-0.4, -0.2) is 53.2 Å². The lowest BCUT2D eigenvalue weighted by atomic mass is 9.97. The Morgan fingerprint density at radius 1 is 1.10 bits per heavy atom. The molecule has 0 saturated carbocycles. The first kappa shape index (κ1) is 20.6. The number of primary amides is 1. The van der Waals surface area contributed by atoms with Gasteiger partial charge in [-0.3, -0.25) is 4.79 Å². The Hall–Kier alpha value is -3.62. The van der Waals surface area contributed by atoms with Crippen molar-refractivity contribution in [1.29, 1.82) is 0 Å². The van der Waals surface area contributed by atoms with Gasteiger partial charge < -0.3 is 20.1 Å². The number of hydrogen-bond donors (Lipinski definition) is 1. The maximum atomic E-state index is 12.2. The summed E-state index contributed by atoms with van der Waals surface area (Å²) in [7, 11) is 3.18. The number of carbonyl (C=O) groups excluding carboxylic acids is 1. The van der Waals surface area contributed by atoms with Crippen molar-refractivity contribution in [2.45, 2.75) is 25.3 Å². The molecule has 1 unspecified atom stereocenters. The van der Waals surface area contributed by atoms with Gasteiger partial charge in [0.25, 0.3) is 0 Å². The van der Waals surface area contributed by atoms with Gasteiger partial charge in [0.2, 0.25) is 5.91 Å². The van der Waals surface area contributed by atoms with Crippen LogP contribution < -0.4 is 20.1 Å². The number of pyridine rings is 1. The largest absolute Gasteiger partial charge is 0.493 e. The van der Waals surface area contributed by atoms with Crippen LogP contribution in [0.2, 0.25) is 0 Å². The summed E-state index contributed by atoms with van der Waals surface area (Å²) in [6.45, 7) is 2.43. The lowest BCUT2D eigenvalue weighted by Crippen LogP contribution is -2.24. The van der Waals surface area contributed by atoms with E-state index in [0.717, 1.165) is 24.5 Å². The zero-order chi connectivity index (χ0) is 21.8. The van der Waals surface area contributed by atoms with Gasteiger partial charge in [-0.15, -0.1) is 0 Å². The molecule has 1 aliphatic rings. The smallest absolute Gasteiger partial charge is 0.231 e. The maximum absolute atomic E-state index is 12.2. The number of amides is 1. The number of methoxy groups -OCH3 is 2. The Morgan fingerprint density at radius 3 is 2.52 bits per heavy atom. The lowest BCUT2D eigenvalue weighted by Gasteiger charge is -2.17. The molecule has 2 aromatic heterocycles. The third kappa shape index (κ3) is 4.45. The SMILES string of the molecule is COc1ccc(Cn2ncc(C(C(N)=O)c3ccc(N4CCCC4)nc3)n2)cc1OC. The number of nitrogens with zero attached hydrogens (tertiary/aromatic N) is 5. The van der Waals surface area contributed by atoms with Gasteiger partial charge >= 0.3 is 0 Å².